The standard InChI is InChI=1S/C18H27BN6/c1-10-13(4)20-23(16(10)7)19(24-17(8)11(2)14(5)21-24)25-18(9)12(3)15(6)22-25/h1-9H3/q-1/i4D3,5D3,6D3,7D3,8D3,9D3. The third-order valence-corrected chi connectivity index (χ3v) is 4.10. The molecule has 0 atom stereocenters. The lowest BCUT2D eigenvalue weighted by Gasteiger charge is -2.34. The lowest BCUT2D eigenvalue weighted by Crippen LogP contribution is -2.45. The number of nitrogens with zero attached hydrogens (tertiary/aromatic N) is 6. The van der Waals surface area contributed by atoms with Gasteiger partial charge in [0.1, 0.15) is 0 Å². The van der Waals surface area contributed by atoms with Gasteiger partial charge < -0.3 is 13.8 Å². The molecule has 0 N–H and O–H groups in total. The summed E-state index contributed by atoms with van der Waals surface area (Å²) in [6, 6.07) is 0. The van der Waals surface area contributed by atoms with Crippen LogP contribution in [0.15, 0.2) is 0 Å². The maximum atomic E-state index is 8.16. The molecule has 6 nitrogen and oxygen atoms in total. The van der Waals surface area contributed by atoms with E-state index in [9.17, 15) is 0 Å². The first-order valence-electron chi connectivity index (χ1n) is 16.2. The Morgan fingerprint density at radius 3 is 1.16 bits per heavy atom. The summed E-state index contributed by atoms with van der Waals surface area (Å²) in [5, 5.41) is 11.9. The highest BCUT2D eigenvalue weighted by Crippen LogP contribution is 2.19. The zero-order valence-electron chi connectivity index (χ0n) is 31.8. The molecular weight excluding hydrogens is 311 g/mol. The quantitative estimate of drug-likeness (QED) is 0.678. The van der Waals surface area contributed by atoms with Crippen molar-refractivity contribution in [2.45, 2.75) is 61.9 Å². The number of aromatic nitrogens is 6. The fourth-order valence-electron chi connectivity index (χ4n) is 2.36. The Morgan fingerprint density at radius 1 is 0.600 bits per heavy atom. The molecule has 1 radical (unpaired) electrons. The number of aryl methyl sites for hydroxylation is 3. The van der Waals surface area contributed by atoms with Crippen LogP contribution in [0.3, 0.4) is 0 Å². The molecule has 0 saturated heterocycles. The highest BCUT2D eigenvalue weighted by atomic mass is 15.5. The van der Waals surface area contributed by atoms with Gasteiger partial charge in [0, 0.05) is 24.7 Å². The van der Waals surface area contributed by atoms with E-state index in [1.54, 1.807) is 0 Å². The summed E-state index contributed by atoms with van der Waals surface area (Å²) in [5.74, 6) is 0. The molecular formula is C18H27BN6-. The Bertz CT molecular complexity index is 1340. The van der Waals surface area contributed by atoms with Crippen molar-refractivity contribution < 1.29 is 24.7 Å². The van der Waals surface area contributed by atoms with Gasteiger partial charge in [-0.05, 0) is 95.7 Å². The van der Waals surface area contributed by atoms with Gasteiger partial charge in [-0.15, -0.1) is 0 Å². The van der Waals surface area contributed by atoms with E-state index in [1.165, 1.54) is 0 Å². The summed E-state index contributed by atoms with van der Waals surface area (Å²) in [6.45, 7) is -15.2. The molecule has 0 unspecified atom stereocenters. The van der Waals surface area contributed by atoms with E-state index in [0.29, 0.717) is 13.8 Å². The van der Waals surface area contributed by atoms with E-state index in [1.807, 2.05) is 0 Å². The van der Waals surface area contributed by atoms with Crippen molar-refractivity contribution in [2.75, 3.05) is 0 Å². The van der Waals surface area contributed by atoms with Crippen molar-refractivity contribution in [1.29, 1.82) is 0 Å². The molecule has 133 valence electrons. The third kappa shape index (κ3) is 2.53. The van der Waals surface area contributed by atoms with Gasteiger partial charge in [-0.3, -0.25) is 0 Å². The van der Waals surface area contributed by atoms with Crippen molar-refractivity contribution in [3.05, 3.63) is 50.9 Å². The van der Waals surface area contributed by atoms with Crippen LogP contribution in [-0.4, -0.2) is 36.2 Å². The van der Waals surface area contributed by atoms with E-state index in [4.69, 9.17) is 24.7 Å². The van der Waals surface area contributed by atoms with Crippen LogP contribution in [0.1, 0.15) is 75.5 Å². The molecule has 0 spiro atoms. The van der Waals surface area contributed by atoms with E-state index < -0.39 is 82.4 Å². The lowest BCUT2D eigenvalue weighted by molar-refractivity contribution is 0.729. The maximum Gasteiger partial charge on any atom is 0.261 e. The highest BCUT2D eigenvalue weighted by molar-refractivity contribution is 6.53. The van der Waals surface area contributed by atoms with Crippen molar-refractivity contribution in [2.24, 2.45) is 0 Å². The Hall–Kier alpha value is -2.31. The van der Waals surface area contributed by atoms with Crippen molar-refractivity contribution in [1.82, 2.24) is 29.1 Å². The van der Waals surface area contributed by atoms with Crippen LogP contribution in [0.2, 0.25) is 0 Å². The van der Waals surface area contributed by atoms with Gasteiger partial charge in [-0.25, -0.2) is 15.3 Å². The van der Waals surface area contributed by atoms with E-state index in [2.05, 4.69) is 15.3 Å². The minimum absolute atomic E-state index is 0.379. The second-order valence-corrected chi connectivity index (χ2v) is 5.65. The summed E-state index contributed by atoms with van der Waals surface area (Å²) < 4.78 is 146. The Kier molecular flexibility index (Phi) is 1.38. The van der Waals surface area contributed by atoms with E-state index in [0.717, 1.165) is 20.8 Å². The van der Waals surface area contributed by atoms with Gasteiger partial charge >= 0.3 is 0 Å². The third-order valence-electron chi connectivity index (χ3n) is 4.10. The molecule has 0 saturated carbocycles. The van der Waals surface area contributed by atoms with Gasteiger partial charge in [-0.2, -0.15) is 0 Å². The first-order chi connectivity index (χ1) is 18.9. The molecule has 0 aromatic carbocycles. The molecule has 3 rings (SSSR count). The second-order valence-electron chi connectivity index (χ2n) is 5.65. The van der Waals surface area contributed by atoms with Gasteiger partial charge in [0.25, 0.3) is 7.12 Å². The largest absolute Gasteiger partial charge is 0.422 e. The molecule has 0 bridgehead atoms. The fourth-order valence-corrected chi connectivity index (χ4v) is 2.36. The Balaban J connectivity index is 2.74. The summed E-state index contributed by atoms with van der Waals surface area (Å²) in [4.78, 5) is 0. The molecule has 7 heteroatoms. The Morgan fingerprint density at radius 2 is 0.920 bits per heavy atom. The molecule has 3 heterocycles. The lowest BCUT2D eigenvalue weighted by atomic mass is 9.92. The molecule has 0 aliphatic rings. The van der Waals surface area contributed by atoms with Gasteiger partial charge in [0.15, 0.2) is 0 Å². The topological polar surface area (TPSA) is 53.5 Å². The maximum absolute atomic E-state index is 8.16. The molecule has 0 amide bonds. The Labute approximate surface area is 175 Å². The van der Waals surface area contributed by atoms with Crippen molar-refractivity contribution in [3.8, 4) is 0 Å². The molecule has 3 aromatic rings. The average Bonchev–Trinajstić information content (AvgIpc) is 3.37. The van der Waals surface area contributed by atoms with Crippen LogP contribution < -0.4 is 0 Å². The summed E-state index contributed by atoms with van der Waals surface area (Å²) >= 11 is 0. The monoisotopic (exact) mass is 356 g/mol. The first-order valence-corrected chi connectivity index (χ1v) is 7.22. The van der Waals surface area contributed by atoms with Gasteiger partial charge in [0.05, 0.1) is 17.1 Å². The predicted octanol–water partition coefficient (Wildman–Crippen LogP) is 2.98. The van der Waals surface area contributed by atoms with Gasteiger partial charge in [0.2, 0.25) is 0 Å². The van der Waals surface area contributed by atoms with Crippen LogP contribution in [0.4, 0.5) is 0 Å². The van der Waals surface area contributed by atoms with Crippen LogP contribution in [0.5, 0.6) is 0 Å². The minimum atomic E-state index is -3.16. The summed E-state index contributed by atoms with van der Waals surface area (Å²) in [6.07, 6.45) is 0. The number of rotatable bonds is 3. The highest BCUT2D eigenvalue weighted by Gasteiger charge is 2.20. The van der Waals surface area contributed by atoms with E-state index in [-0.39, 0.29) is 16.7 Å². The smallest absolute Gasteiger partial charge is 0.261 e. The minimum Gasteiger partial charge on any atom is -0.422 e. The number of hydrogen-bond acceptors (Lipinski definition) is 3. The molecule has 3 aromatic heterocycles. The second kappa shape index (κ2) is 5.90. The summed E-state index contributed by atoms with van der Waals surface area (Å²) in [7, 11) is -2.25. The zero-order valence-corrected chi connectivity index (χ0v) is 13.8. The van der Waals surface area contributed by atoms with Crippen LogP contribution in [-0.2, 0) is 0 Å². The van der Waals surface area contributed by atoms with Crippen LogP contribution in [0.25, 0.3) is 0 Å². The SMILES string of the molecule is [2H]C([2H])([2H])c1nn([B-](n2nc(C([2H])([2H])[2H])c(C)c2C([2H])([2H])[2H])n2nc(C([2H])([2H])[2H])c(C)c2C([2H])([2H])[2H])c(C([2H])([2H])[2H])c1C. The van der Waals surface area contributed by atoms with Crippen LogP contribution in [0, 0.1) is 61.9 Å². The fraction of sp³-hybridized carbons (Fsp3) is 0.500. The molecule has 0 aliphatic carbocycles. The zero-order chi connectivity index (χ0) is 33.6. The van der Waals surface area contributed by atoms with Crippen LogP contribution >= 0.6 is 0 Å². The average molecular weight is 356 g/mol. The molecule has 0 aliphatic heterocycles. The molecule has 25 heavy (non-hydrogen) atoms. The van der Waals surface area contributed by atoms with Crippen molar-refractivity contribution >= 4 is 7.12 Å². The normalized spacial score (nSPS) is 25.4. The van der Waals surface area contributed by atoms with Gasteiger partial charge in [-0.1, -0.05) is 0 Å². The number of hydrogen-bond donors (Lipinski definition) is 0. The first kappa shape index (κ1) is 5.86. The predicted molar refractivity (Wildman–Crippen MR) is 101 cm³/mol. The summed E-state index contributed by atoms with van der Waals surface area (Å²) in [5.41, 5.74) is -5.73. The van der Waals surface area contributed by atoms with E-state index >= 15 is 0 Å². The van der Waals surface area contributed by atoms with Crippen molar-refractivity contribution in [3.63, 3.8) is 0 Å². The molecule has 0 fully saturated rings.